The molecule has 1 saturated carbocycles. The first-order chi connectivity index (χ1) is 10.2. The van der Waals surface area contributed by atoms with Crippen LogP contribution in [-0.4, -0.2) is 24.9 Å². The molecule has 0 aliphatic heterocycles. The molecule has 0 heterocycles. The average molecular weight is 293 g/mol. The van der Waals surface area contributed by atoms with E-state index in [9.17, 15) is 9.50 Å². The number of ether oxygens (including phenoxy) is 2. The fraction of sp³-hybridized carbons (Fsp3) is 0.562. The van der Waals surface area contributed by atoms with Crippen LogP contribution in [0.25, 0.3) is 0 Å². The summed E-state index contributed by atoms with van der Waals surface area (Å²) in [5.41, 5.74) is 0.516. The molecule has 0 radical (unpaired) electrons. The van der Waals surface area contributed by atoms with Crippen LogP contribution in [0.5, 0.6) is 5.75 Å². The van der Waals surface area contributed by atoms with E-state index in [2.05, 4.69) is 6.07 Å². The van der Waals surface area contributed by atoms with Gasteiger partial charge in [0.1, 0.15) is 17.7 Å². The van der Waals surface area contributed by atoms with Gasteiger partial charge in [0, 0.05) is 11.5 Å². The molecule has 1 fully saturated rings. The molecule has 1 aliphatic rings. The first-order valence-electron chi connectivity index (χ1n) is 7.17. The minimum Gasteiger partial charge on any atom is -0.496 e. The van der Waals surface area contributed by atoms with Crippen LogP contribution in [0, 0.1) is 23.1 Å². The first-order valence-corrected chi connectivity index (χ1v) is 7.17. The van der Waals surface area contributed by atoms with Crippen molar-refractivity contribution in [1.82, 2.24) is 0 Å². The van der Waals surface area contributed by atoms with Crippen LogP contribution in [-0.2, 0) is 4.74 Å². The molecule has 0 unspecified atom stereocenters. The summed E-state index contributed by atoms with van der Waals surface area (Å²) in [6.45, 7) is -0.238. The van der Waals surface area contributed by atoms with E-state index in [0.29, 0.717) is 11.3 Å². The minimum absolute atomic E-state index is 0.0141. The number of nitriles is 1. The van der Waals surface area contributed by atoms with Crippen molar-refractivity contribution in [1.29, 1.82) is 5.26 Å². The molecule has 1 N–H and O–H groups in total. The van der Waals surface area contributed by atoms with Gasteiger partial charge >= 0.3 is 0 Å². The number of hydrogen-bond donors (Lipinski definition) is 1. The third kappa shape index (κ3) is 3.93. The number of methoxy groups -OCH3 is 1. The zero-order valence-corrected chi connectivity index (χ0v) is 12.1. The van der Waals surface area contributed by atoms with Crippen LogP contribution in [0.15, 0.2) is 18.2 Å². The van der Waals surface area contributed by atoms with Crippen molar-refractivity contribution < 1.29 is 19.0 Å². The minimum atomic E-state index is -0.612. The number of aliphatic hydroxyl groups excluding tert-OH is 1. The van der Waals surface area contributed by atoms with E-state index in [1.807, 2.05) is 0 Å². The summed E-state index contributed by atoms with van der Waals surface area (Å²) in [6, 6.07) is 6.45. The predicted octanol–water partition coefficient (Wildman–Crippen LogP) is 2.97. The van der Waals surface area contributed by atoms with Crippen LogP contribution >= 0.6 is 0 Å². The molecule has 1 aromatic carbocycles. The second-order valence-electron chi connectivity index (χ2n) is 5.30. The Morgan fingerprint density at radius 2 is 2.10 bits per heavy atom. The Hall–Kier alpha value is -1.64. The molecular formula is C16H20FNO3. The Kier molecular flexibility index (Phi) is 5.54. The summed E-state index contributed by atoms with van der Waals surface area (Å²) in [5, 5.41) is 18.5. The highest BCUT2D eigenvalue weighted by Gasteiger charge is 2.26. The van der Waals surface area contributed by atoms with Crippen molar-refractivity contribution >= 4 is 0 Å². The van der Waals surface area contributed by atoms with Crippen LogP contribution in [0.1, 0.15) is 37.4 Å². The fourth-order valence-corrected chi connectivity index (χ4v) is 2.73. The second kappa shape index (κ2) is 7.39. The first kappa shape index (κ1) is 15.7. The molecule has 0 bridgehead atoms. The van der Waals surface area contributed by atoms with Crippen molar-refractivity contribution in [3.8, 4) is 11.8 Å². The van der Waals surface area contributed by atoms with E-state index >= 15 is 0 Å². The average Bonchev–Trinajstić information content (AvgIpc) is 2.53. The summed E-state index contributed by atoms with van der Waals surface area (Å²) in [7, 11) is 1.50. The molecule has 1 aromatic rings. The number of aliphatic hydroxyl groups is 1. The van der Waals surface area contributed by atoms with Crippen molar-refractivity contribution in [3.05, 3.63) is 29.6 Å². The number of hydrogen-bond acceptors (Lipinski definition) is 4. The van der Waals surface area contributed by atoms with E-state index in [4.69, 9.17) is 14.7 Å². The zero-order valence-electron chi connectivity index (χ0n) is 12.1. The lowest BCUT2D eigenvalue weighted by atomic mass is 9.88. The van der Waals surface area contributed by atoms with Crippen LogP contribution < -0.4 is 4.74 Å². The van der Waals surface area contributed by atoms with Crippen molar-refractivity contribution in [2.45, 2.75) is 37.9 Å². The van der Waals surface area contributed by atoms with Gasteiger partial charge in [-0.05, 0) is 43.9 Å². The number of benzene rings is 1. The Balaban J connectivity index is 2.07. The normalized spacial score (nSPS) is 23.3. The molecule has 0 spiro atoms. The highest BCUT2D eigenvalue weighted by molar-refractivity contribution is 5.36. The maximum absolute atomic E-state index is 13.4. The predicted molar refractivity (Wildman–Crippen MR) is 75.2 cm³/mol. The van der Waals surface area contributed by atoms with E-state index in [1.165, 1.54) is 25.3 Å². The molecule has 1 aliphatic carbocycles. The van der Waals surface area contributed by atoms with Gasteiger partial charge in [0.15, 0.2) is 0 Å². The van der Waals surface area contributed by atoms with Crippen LogP contribution in [0.4, 0.5) is 4.39 Å². The van der Waals surface area contributed by atoms with Gasteiger partial charge in [0.2, 0.25) is 0 Å². The highest BCUT2D eigenvalue weighted by Crippen LogP contribution is 2.33. The monoisotopic (exact) mass is 293 g/mol. The van der Waals surface area contributed by atoms with Gasteiger partial charge in [-0.15, -0.1) is 0 Å². The van der Waals surface area contributed by atoms with E-state index < -0.39 is 6.10 Å². The quantitative estimate of drug-likeness (QED) is 0.906. The molecule has 0 amide bonds. The largest absolute Gasteiger partial charge is 0.496 e. The van der Waals surface area contributed by atoms with Crippen molar-refractivity contribution in [3.63, 3.8) is 0 Å². The molecule has 0 aromatic heterocycles. The number of nitrogens with zero attached hydrogens (tertiary/aromatic N) is 1. The third-order valence-corrected chi connectivity index (χ3v) is 3.92. The molecule has 114 valence electrons. The van der Waals surface area contributed by atoms with Crippen LogP contribution in [0.2, 0.25) is 0 Å². The van der Waals surface area contributed by atoms with Crippen molar-refractivity contribution in [2.24, 2.45) is 5.92 Å². The van der Waals surface area contributed by atoms with Gasteiger partial charge in [-0.2, -0.15) is 5.26 Å². The van der Waals surface area contributed by atoms with Gasteiger partial charge in [0.25, 0.3) is 0 Å². The number of rotatable bonds is 5. The van der Waals surface area contributed by atoms with E-state index in [1.54, 1.807) is 0 Å². The van der Waals surface area contributed by atoms with Crippen molar-refractivity contribution in [2.75, 3.05) is 13.7 Å². The molecular weight excluding hydrogens is 273 g/mol. The SMILES string of the molecule is COc1ccc(F)cc1[C@H](CO)OC1CCC(C#N)CC1. The summed E-state index contributed by atoms with van der Waals surface area (Å²) in [6.07, 6.45) is 2.55. The summed E-state index contributed by atoms with van der Waals surface area (Å²) in [5.74, 6) is 0.211. The van der Waals surface area contributed by atoms with Gasteiger partial charge in [-0.25, -0.2) is 4.39 Å². The highest BCUT2D eigenvalue weighted by atomic mass is 19.1. The maximum Gasteiger partial charge on any atom is 0.124 e. The molecule has 21 heavy (non-hydrogen) atoms. The van der Waals surface area contributed by atoms with E-state index in [-0.39, 0.29) is 24.4 Å². The van der Waals surface area contributed by atoms with Gasteiger partial charge in [-0.1, -0.05) is 0 Å². The number of halogens is 1. The lowest BCUT2D eigenvalue weighted by Crippen LogP contribution is -2.24. The lowest BCUT2D eigenvalue weighted by molar-refractivity contribution is -0.0588. The smallest absolute Gasteiger partial charge is 0.124 e. The third-order valence-electron chi connectivity index (χ3n) is 3.92. The summed E-state index contributed by atoms with van der Waals surface area (Å²) >= 11 is 0. The Morgan fingerprint density at radius 3 is 2.67 bits per heavy atom. The molecule has 4 nitrogen and oxygen atoms in total. The standard InChI is InChI=1S/C16H20FNO3/c1-20-15-7-4-12(17)8-14(15)16(10-19)21-13-5-2-11(9-18)3-6-13/h4,7-8,11,13,16,19H,2-3,5-6,10H2,1H3/t11?,13?,16-/m0/s1. The molecule has 2 rings (SSSR count). The van der Waals surface area contributed by atoms with Gasteiger partial charge in [0.05, 0.1) is 25.9 Å². The lowest BCUT2D eigenvalue weighted by Gasteiger charge is -2.29. The topological polar surface area (TPSA) is 62.5 Å². The molecule has 0 saturated heterocycles. The Bertz CT molecular complexity index is 507. The Labute approximate surface area is 124 Å². The summed E-state index contributed by atoms with van der Waals surface area (Å²) in [4.78, 5) is 0. The molecule has 1 atom stereocenters. The van der Waals surface area contributed by atoms with Gasteiger partial charge < -0.3 is 14.6 Å². The van der Waals surface area contributed by atoms with Gasteiger partial charge in [-0.3, -0.25) is 0 Å². The maximum atomic E-state index is 13.4. The zero-order chi connectivity index (χ0) is 15.2. The Morgan fingerprint density at radius 1 is 1.38 bits per heavy atom. The van der Waals surface area contributed by atoms with Crippen LogP contribution in [0.3, 0.4) is 0 Å². The second-order valence-corrected chi connectivity index (χ2v) is 5.30. The fourth-order valence-electron chi connectivity index (χ4n) is 2.73. The summed E-state index contributed by atoms with van der Waals surface area (Å²) < 4.78 is 24.5. The van der Waals surface area contributed by atoms with E-state index in [0.717, 1.165) is 25.7 Å². The molecule has 5 heteroatoms.